The molecule has 41 heavy (non-hydrogen) atoms. The van der Waals surface area contributed by atoms with Gasteiger partial charge in [0.1, 0.15) is 17.5 Å². The lowest BCUT2D eigenvalue weighted by molar-refractivity contribution is -0.146. The maximum atomic E-state index is 13.5. The Kier molecular flexibility index (Phi) is 7.91. The van der Waals surface area contributed by atoms with Crippen molar-refractivity contribution in [2.24, 2.45) is 10.9 Å². The molecule has 0 saturated heterocycles. The van der Waals surface area contributed by atoms with Crippen LogP contribution in [0.4, 0.5) is 11.6 Å². The molecule has 0 spiro atoms. The van der Waals surface area contributed by atoms with Crippen LogP contribution in [-0.2, 0) is 9.53 Å². The van der Waals surface area contributed by atoms with Gasteiger partial charge >= 0.3 is 11.7 Å². The fraction of sp³-hybridized carbons (Fsp3) is 0.194. The first-order valence-corrected chi connectivity index (χ1v) is 13.1. The van der Waals surface area contributed by atoms with Gasteiger partial charge < -0.3 is 9.47 Å². The fourth-order valence-electron chi connectivity index (χ4n) is 4.98. The predicted molar refractivity (Wildman–Crippen MR) is 155 cm³/mol. The van der Waals surface area contributed by atoms with Crippen LogP contribution in [0.5, 0.6) is 5.75 Å². The van der Waals surface area contributed by atoms with Crippen LogP contribution in [0.3, 0.4) is 0 Å². The second-order valence-corrected chi connectivity index (χ2v) is 9.33. The summed E-state index contributed by atoms with van der Waals surface area (Å²) in [4.78, 5) is 49.0. The maximum Gasteiger partial charge on any atom is 0.355 e. The molecule has 1 amide bonds. The van der Waals surface area contributed by atoms with E-state index in [2.05, 4.69) is 15.8 Å². The van der Waals surface area contributed by atoms with E-state index < -0.39 is 29.4 Å². The van der Waals surface area contributed by atoms with Gasteiger partial charge in [-0.25, -0.2) is 14.4 Å². The van der Waals surface area contributed by atoms with Crippen LogP contribution < -0.4 is 21.3 Å². The van der Waals surface area contributed by atoms with E-state index in [0.717, 1.165) is 5.56 Å². The number of aromatic nitrogens is 2. The Morgan fingerprint density at radius 3 is 2.37 bits per heavy atom. The number of fused-ring (bicyclic) bond motifs is 1. The number of methoxy groups -OCH3 is 1. The molecule has 1 aliphatic heterocycles. The Hall–Kier alpha value is -5.25. The molecule has 10 heteroatoms. The number of hydrogen-bond acceptors (Lipinski definition) is 8. The summed E-state index contributed by atoms with van der Waals surface area (Å²) >= 11 is 0. The van der Waals surface area contributed by atoms with Crippen LogP contribution in [0.2, 0.25) is 0 Å². The summed E-state index contributed by atoms with van der Waals surface area (Å²) in [6.07, 6.45) is 0. The minimum atomic E-state index is -0.789. The second-order valence-electron chi connectivity index (χ2n) is 9.33. The normalized spacial score (nSPS) is 15.7. The number of rotatable bonds is 8. The molecule has 3 aromatic carbocycles. The van der Waals surface area contributed by atoms with Crippen LogP contribution >= 0.6 is 0 Å². The van der Waals surface area contributed by atoms with Gasteiger partial charge in [0, 0.05) is 22.8 Å². The van der Waals surface area contributed by atoms with Crippen LogP contribution in [0.25, 0.3) is 5.69 Å². The first kappa shape index (κ1) is 27.3. The molecule has 2 unspecified atom stereocenters. The Morgan fingerprint density at radius 1 is 0.976 bits per heavy atom. The smallest absolute Gasteiger partial charge is 0.355 e. The molecule has 2 atom stereocenters. The number of aliphatic imine (C=N–C) groups is 1. The van der Waals surface area contributed by atoms with Gasteiger partial charge in [-0.1, -0.05) is 54.6 Å². The number of para-hydroxylation sites is 1. The van der Waals surface area contributed by atoms with Gasteiger partial charge in [0.05, 0.1) is 19.4 Å². The maximum absolute atomic E-state index is 13.5. The Balaban J connectivity index is 1.70. The standard InChI is InChI=1S/C31H29N5O5/c1-4-41-30(38)24-19(2)32-28-26(25(24)20-12-7-5-8-13-20)27(33-31(39)36(28)22-15-9-6-10-16-22)34-35-29(37)21-14-11-17-23(18-21)40-3/h5-18,24-25H,4H2,1-3H3,(H,35,37)(H,33,34,39). The number of amides is 1. The van der Waals surface area contributed by atoms with Gasteiger partial charge in [-0.2, -0.15) is 4.98 Å². The van der Waals surface area contributed by atoms with Crippen LogP contribution in [0.1, 0.15) is 41.3 Å². The van der Waals surface area contributed by atoms with Crippen LogP contribution in [0, 0.1) is 5.92 Å². The van der Waals surface area contributed by atoms with Crippen molar-refractivity contribution in [2.45, 2.75) is 19.8 Å². The van der Waals surface area contributed by atoms with Crippen molar-refractivity contribution in [1.82, 2.24) is 15.0 Å². The van der Waals surface area contributed by atoms with Crippen molar-refractivity contribution in [3.05, 3.63) is 112 Å². The summed E-state index contributed by atoms with van der Waals surface area (Å²) in [5.41, 5.74) is 7.53. The molecular weight excluding hydrogens is 522 g/mol. The van der Waals surface area contributed by atoms with Crippen molar-refractivity contribution in [2.75, 3.05) is 19.1 Å². The minimum Gasteiger partial charge on any atom is -0.497 e. The SMILES string of the molecule is CCOC(=O)C1C(C)=Nc2c(c(NNC(=O)c3cccc(OC)c3)nc(=O)n2-c2ccccc2)C1c1ccccc1. The van der Waals surface area contributed by atoms with Crippen LogP contribution in [-0.4, -0.2) is 40.9 Å². The topological polar surface area (TPSA) is 124 Å². The van der Waals surface area contributed by atoms with Gasteiger partial charge in [0.15, 0.2) is 5.82 Å². The number of carbonyl (C=O) groups excluding carboxylic acids is 2. The second kappa shape index (κ2) is 11.9. The summed E-state index contributed by atoms with van der Waals surface area (Å²) in [7, 11) is 1.51. The fourth-order valence-corrected chi connectivity index (χ4v) is 4.98. The van der Waals surface area contributed by atoms with E-state index in [9.17, 15) is 14.4 Å². The zero-order valence-corrected chi connectivity index (χ0v) is 22.8. The molecule has 2 heterocycles. The highest BCUT2D eigenvalue weighted by Crippen LogP contribution is 2.45. The molecule has 10 nitrogen and oxygen atoms in total. The summed E-state index contributed by atoms with van der Waals surface area (Å²) < 4.78 is 12.1. The number of anilines is 1. The average Bonchev–Trinajstić information content (AvgIpc) is 3.00. The summed E-state index contributed by atoms with van der Waals surface area (Å²) in [5.74, 6) is -1.43. The van der Waals surface area contributed by atoms with E-state index in [-0.39, 0.29) is 12.4 Å². The Bertz CT molecular complexity index is 1670. The quantitative estimate of drug-likeness (QED) is 0.245. The molecule has 5 rings (SSSR count). The molecule has 4 aromatic rings. The number of ether oxygens (including phenoxy) is 2. The van der Waals surface area contributed by atoms with Crippen molar-refractivity contribution in [3.8, 4) is 11.4 Å². The molecule has 0 bridgehead atoms. The Labute approximate surface area is 236 Å². The number of nitrogens with one attached hydrogen (secondary N) is 2. The van der Waals surface area contributed by atoms with Crippen molar-refractivity contribution >= 4 is 29.2 Å². The molecular formula is C31H29N5O5. The van der Waals surface area contributed by atoms with Crippen molar-refractivity contribution in [1.29, 1.82) is 0 Å². The van der Waals surface area contributed by atoms with Crippen molar-refractivity contribution in [3.63, 3.8) is 0 Å². The van der Waals surface area contributed by atoms with E-state index in [1.807, 2.05) is 48.5 Å². The third kappa shape index (κ3) is 5.44. The predicted octanol–water partition coefficient (Wildman–Crippen LogP) is 4.42. The van der Waals surface area contributed by atoms with Gasteiger partial charge in [-0.3, -0.25) is 20.4 Å². The average molecular weight is 552 g/mol. The minimum absolute atomic E-state index is 0.0767. The first-order chi connectivity index (χ1) is 19.9. The lowest BCUT2D eigenvalue weighted by atomic mass is 9.76. The molecule has 1 aromatic heterocycles. The third-order valence-electron chi connectivity index (χ3n) is 6.82. The molecule has 0 radical (unpaired) electrons. The highest BCUT2D eigenvalue weighted by Gasteiger charge is 2.42. The zero-order valence-electron chi connectivity index (χ0n) is 22.8. The number of nitrogens with zero attached hydrogens (tertiary/aromatic N) is 3. The lowest BCUT2D eigenvalue weighted by Gasteiger charge is -2.33. The summed E-state index contributed by atoms with van der Waals surface area (Å²) in [6.45, 7) is 3.69. The highest BCUT2D eigenvalue weighted by atomic mass is 16.5. The highest BCUT2D eigenvalue weighted by molar-refractivity contribution is 6.05. The number of hydrazine groups is 1. The van der Waals surface area contributed by atoms with E-state index in [0.29, 0.717) is 34.1 Å². The molecule has 0 saturated carbocycles. The van der Waals surface area contributed by atoms with Gasteiger partial charge in [-0.05, 0) is 49.7 Å². The van der Waals surface area contributed by atoms with E-state index in [1.54, 1.807) is 50.2 Å². The molecule has 0 fully saturated rings. The first-order valence-electron chi connectivity index (χ1n) is 13.1. The van der Waals surface area contributed by atoms with E-state index in [1.165, 1.54) is 11.7 Å². The van der Waals surface area contributed by atoms with Crippen molar-refractivity contribution < 1.29 is 19.1 Å². The van der Waals surface area contributed by atoms with Crippen LogP contribution in [0.15, 0.2) is 94.7 Å². The zero-order chi connectivity index (χ0) is 28.9. The lowest BCUT2D eigenvalue weighted by Crippen LogP contribution is -2.38. The van der Waals surface area contributed by atoms with Gasteiger partial charge in [0.2, 0.25) is 0 Å². The number of hydrogen-bond donors (Lipinski definition) is 2. The number of carbonyl (C=O) groups is 2. The molecule has 2 N–H and O–H groups in total. The summed E-state index contributed by atoms with van der Waals surface area (Å²) in [6, 6.07) is 25.1. The third-order valence-corrected chi connectivity index (χ3v) is 6.82. The van der Waals surface area contributed by atoms with Gasteiger partial charge in [0.25, 0.3) is 5.91 Å². The molecule has 0 aliphatic carbocycles. The monoisotopic (exact) mass is 551 g/mol. The summed E-state index contributed by atoms with van der Waals surface area (Å²) in [5, 5.41) is 0. The van der Waals surface area contributed by atoms with E-state index >= 15 is 0 Å². The van der Waals surface area contributed by atoms with E-state index in [4.69, 9.17) is 14.5 Å². The molecule has 1 aliphatic rings. The molecule has 208 valence electrons. The van der Waals surface area contributed by atoms with Gasteiger partial charge in [-0.15, -0.1) is 0 Å². The largest absolute Gasteiger partial charge is 0.497 e. The number of benzene rings is 3. The number of esters is 1. The Morgan fingerprint density at radius 2 is 1.68 bits per heavy atom.